The Kier molecular flexibility index (Phi) is 8.68. The van der Waals surface area contributed by atoms with Crippen LogP contribution in [0.3, 0.4) is 0 Å². The van der Waals surface area contributed by atoms with Crippen LogP contribution in [0.4, 0.5) is 11.4 Å². The van der Waals surface area contributed by atoms with Crippen molar-refractivity contribution in [3.05, 3.63) is 80.8 Å². The Morgan fingerprint density at radius 1 is 0.618 bits per heavy atom. The van der Waals surface area contributed by atoms with Gasteiger partial charge in [-0.15, -0.1) is 0 Å². The maximum atomic E-state index is 6.57. The van der Waals surface area contributed by atoms with E-state index in [4.69, 9.17) is 10.0 Å². The summed E-state index contributed by atoms with van der Waals surface area (Å²) in [5, 5.41) is 0. The number of allylic oxidation sites excluding steroid dienone is 2. The molecule has 1 aliphatic heterocycles. The third-order valence-corrected chi connectivity index (χ3v) is 8.31. The molecule has 0 saturated heterocycles. The minimum absolute atomic E-state index is 0.429. The summed E-state index contributed by atoms with van der Waals surface area (Å²) in [6.07, 6.45) is 0. The molecule has 0 fully saturated rings. The number of hydrogen-bond acceptors (Lipinski definition) is 2. The Balaban J connectivity index is 2.37. The first-order chi connectivity index (χ1) is 16.0. The van der Waals surface area contributed by atoms with E-state index in [1.807, 2.05) is 0 Å². The van der Waals surface area contributed by atoms with Crippen LogP contribution in [0.2, 0.25) is 0 Å². The van der Waals surface area contributed by atoms with E-state index in [1.54, 1.807) is 0 Å². The van der Waals surface area contributed by atoms with Crippen LogP contribution in [0.1, 0.15) is 115 Å². The van der Waals surface area contributed by atoms with Gasteiger partial charge in [-0.3, -0.25) is 0 Å². The normalized spacial score (nSPS) is 14.6. The number of benzene rings is 2. The summed E-state index contributed by atoms with van der Waals surface area (Å²) in [5.74, 6) is 2.92. The third-order valence-electron chi connectivity index (χ3n) is 6.97. The molecule has 0 atom stereocenters. The van der Waals surface area contributed by atoms with E-state index in [0.29, 0.717) is 23.7 Å². The number of para-hydroxylation sites is 2. The van der Waals surface area contributed by atoms with Gasteiger partial charge >= 0.3 is 219 Å². The second-order valence-corrected chi connectivity index (χ2v) is 12.8. The number of hydrogen-bond donors (Lipinski definition) is 0. The molecular weight excluding hydrogens is 496 g/mol. The number of halogens is 1. The molecule has 4 heteroatoms. The first-order valence-corrected chi connectivity index (χ1v) is 16.6. The fraction of sp³-hybridized carbons (Fsp3) is 0.467. The molecule has 1 heterocycles. The molecule has 0 aliphatic carbocycles. The minimum atomic E-state index is -0.728. The van der Waals surface area contributed by atoms with Crippen LogP contribution in [0.25, 0.3) is 0 Å². The van der Waals surface area contributed by atoms with Crippen molar-refractivity contribution in [1.29, 1.82) is 0 Å². The molecule has 1 aliphatic rings. The molecule has 2 nitrogen and oxygen atoms in total. The van der Waals surface area contributed by atoms with Crippen molar-refractivity contribution in [3.8, 4) is 0 Å². The molecule has 0 saturated carbocycles. The monoisotopic (exact) mass is 538 g/mol. The van der Waals surface area contributed by atoms with Gasteiger partial charge in [-0.25, -0.2) is 0 Å². The van der Waals surface area contributed by atoms with Crippen LogP contribution in [0, 0.1) is 0 Å². The zero-order valence-corrected chi connectivity index (χ0v) is 25.5. The van der Waals surface area contributed by atoms with Crippen molar-refractivity contribution in [2.45, 2.75) is 92.9 Å². The standard InChI is InChI=1S/C30H41ClGeN2/c1-18(2)24-13-11-14-25(19(3)4)29(24)33-22(9)23(10)34(28(33)17-32-31)30-26(20(5)6)15-12-16-27(30)21(7)8/h11-21H,1-10H3. The van der Waals surface area contributed by atoms with Crippen molar-refractivity contribution < 1.29 is 0 Å². The van der Waals surface area contributed by atoms with Crippen molar-refractivity contribution >= 4 is 35.9 Å². The second-order valence-electron chi connectivity index (χ2n) is 10.6. The Labute approximate surface area is 218 Å². The summed E-state index contributed by atoms with van der Waals surface area (Å²) in [5.41, 5.74) is 10.8. The van der Waals surface area contributed by atoms with Gasteiger partial charge in [-0.2, -0.15) is 0 Å². The van der Waals surface area contributed by atoms with E-state index >= 15 is 0 Å². The van der Waals surface area contributed by atoms with E-state index in [2.05, 4.69) is 120 Å². The average molecular weight is 538 g/mol. The van der Waals surface area contributed by atoms with Crippen LogP contribution < -0.4 is 9.80 Å². The summed E-state index contributed by atoms with van der Waals surface area (Å²) in [6, 6.07) is 13.6. The van der Waals surface area contributed by atoms with Gasteiger partial charge in [0.1, 0.15) is 0 Å². The summed E-state index contributed by atoms with van der Waals surface area (Å²) < 4.78 is 0. The summed E-state index contributed by atoms with van der Waals surface area (Å²) in [7, 11) is 6.57. The van der Waals surface area contributed by atoms with Gasteiger partial charge in [-0.1, -0.05) is 0 Å². The molecule has 0 spiro atoms. The molecule has 0 bridgehead atoms. The molecule has 3 rings (SSSR count). The molecular formula is C30H41ClGeN2. The van der Waals surface area contributed by atoms with Crippen LogP contribution >= 0.6 is 10.0 Å². The molecule has 0 aromatic heterocycles. The summed E-state index contributed by atoms with van der Waals surface area (Å²) in [4.78, 5) is 7.32. The molecule has 34 heavy (non-hydrogen) atoms. The van der Waals surface area contributed by atoms with Crippen molar-refractivity contribution in [3.63, 3.8) is 0 Å². The predicted molar refractivity (Wildman–Crippen MR) is 152 cm³/mol. The third kappa shape index (κ3) is 4.86. The Morgan fingerprint density at radius 2 is 0.912 bits per heavy atom. The van der Waals surface area contributed by atoms with Gasteiger partial charge in [0, 0.05) is 0 Å². The molecule has 0 amide bonds. The van der Waals surface area contributed by atoms with Gasteiger partial charge in [0.05, 0.1) is 0 Å². The molecule has 182 valence electrons. The predicted octanol–water partition coefficient (Wildman–Crippen LogP) is 9.42. The molecule has 0 unspecified atom stereocenters. The van der Waals surface area contributed by atoms with Gasteiger partial charge in [-0.05, 0) is 0 Å². The maximum absolute atomic E-state index is 6.57. The van der Waals surface area contributed by atoms with E-state index < -0.39 is 14.5 Å². The van der Waals surface area contributed by atoms with E-state index in [9.17, 15) is 0 Å². The van der Waals surface area contributed by atoms with Gasteiger partial charge in [0.25, 0.3) is 0 Å². The summed E-state index contributed by atoms with van der Waals surface area (Å²) in [6.45, 7) is 22.9. The van der Waals surface area contributed by atoms with Crippen LogP contribution in [-0.2, 0) is 0 Å². The first-order valence-electron chi connectivity index (χ1n) is 12.6. The van der Waals surface area contributed by atoms with Crippen LogP contribution in [0.5, 0.6) is 0 Å². The Bertz CT molecular complexity index is 961. The molecule has 2 aromatic carbocycles. The van der Waals surface area contributed by atoms with E-state index in [0.717, 1.165) is 0 Å². The van der Waals surface area contributed by atoms with Gasteiger partial charge in [0.2, 0.25) is 0 Å². The number of nitrogens with zero attached hydrogens (tertiary/aromatic N) is 2. The average Bonchev–Trinajstić information content (AvgIpc) is 3.01. The fourth-order valence-electron chi connectivity index (χ4n) is 5.05. The Hall–Kier alpha value is -1.65. The molecule has 2 radical (unpaired) electrons. The van der Waals surface area contributed by atoms with Gasteiger partial charge in [0.15, 0.2) is 0 Å². The Morgan fingerprint density at radius 3 is 1.15 bits per heavy atom. The molecule has 2 aromatic rings. The van der Waals surface area contributed by atoms with Crippen LogP contribution in [0.15, 0.2) is 58.5 Å². The zero-order chi connectivity index (χ0) is 25.3. The van der Waals surface area contributed by atoms with Gasteiger partial charge < -0.3 is 0 Å². The first kappa shape index (κ1) is 26.9. The second kappa shape index (κ2) is 11.0. The van der Waals surface area contributed by atoms with Crippen LogP contribution in [-0.4, -0.2) is 14.5 Å². The zero-order valence-electron chi connectivity index (χ0n) is 22.6. The quantitative estimate of drug-likeness (QED) is 0.325. The SMILES string of the molecule is CC1=C(C)N(c2c(C(C)C)cccc2C(C)C)C(=[CH][Ge][Cl])N1c1c(C(C)C)cccc1C(C)C. The van der Waals surface area contributed by atoms with Crippen molar-refractivity contribution in [1.82, 2.24) is 0 Å². The number of rotatable bonds is 7. The van der Waals surface area contributed by atoms with E-state index in [-0.39, 0.29) is 0 Å². The summed E-state index contributed by atoms with van der Waals surface area (Å²) >= 11 is -0.728. The fourth-order valence-corrected chi connectivity index (χ4v) is 6.30. The number of anilines is 2. The molecule has 0 N–H and O–H groups in total. The topological polar surface area (TPSA) is 6.48 Å². The van der Waals surface area contributed by atoms with Crippen molar-refractivity contribution in [2.24, 2.45) is 0 Å². The van der Waals surface area contributed by atoms with E-state index in [1.165, 1.54) is 50.8 Å². The van der Waals surface area contributed by atoms with Crippen molar-refractivity contribution in [2.75, 3.05) is 9.80 Å².